The van der Waals surface area contributed by atoms with Crippen LogP contribution in [-0.2, 0) is 33.4 Å². The van der Waals surface area contributed by atoms with E-state index in [1.807, 2.05) is 31.2 Å². The van der Waals surface area contributed by atoms with Crippen LogP contribution in [0.2, 0.25) is 0 Å². The molecule has 14 heteroatoms. The van der Waals surface area contributed by atoms with Crippen molar-refractivity contribution in [3.8, 4) is 5.75 Å². The number of ether oxygens (including phenoxy) is 1. The number of rotatable bonds is 5. The van der Waals surface area contributed by atoms with Crippen molar-refractivity contribution in [2.24, 2.45) is 17.6 Å². The van der Waals surface area contributed by atoms with Crippen LogP contribution in [0.4, 0.5) is 13.2 Å². The lowest BCUT2D eigenvalue weighted by molar-refractivity contribution is -0.137. The lowest BCUT2D eigenvalue weighted by atomic mass is 9.99. The zero-order valence-corrected chi connectivity index (χ0v) is 25.6. The monoisotopic (exact) mass is 633 g/mol. The van der Waals surface area contributed by atoms with Crippen LogP contribution in [0.1, 0.15) is 37.5 Å². The number of alkyl halides is 3. The fourth-order valence-electron chi connectivity index (χ4n) is 4.89. The second kappa shape index (κ2) is 16.1. The van der Waals surface area contributed by atoms with Crippen molar-refractivity contribution in [2.75, 3.05) is 26.2 Å². The molecule has 3 amide bonds. The number of nitrogens with one attached hydrogen (secondary N) is 6. The molecule has 0 spiro atoms. The first kappa shape index (κ1) is 35.2. The van der Waals surface area contributed by atoms with Gasteiger partial charge in [0.25, 0.3) is 0 Å². The molecule has 1 aliphatic rings. The number of benzene rings is 2. The summed E-state index contributed by atoms with van der Waals surface area (Å²) >= 11 is 0. The number of fused-ring (bicyclic) bond motifs is 1. The first-order chi connectivity index (χ1) is 21.2. The van der Waals surface area contributed by atoms with Crippen LogP contribution < -0.4 is 37.1 Å². The van der Waals surface area contributed by atoms with Crippen LogP contribution in [0.5, 0.6) is 5.75 Å². The van der Waals surface area contributed by atoms with Gasteiger partial charge in [0.15, 0.2) is 5.96 Å². The highest BCUT2D eigenvalue weighted by Crippen LogP contribution is 2.30. The van der Waals surface area contributed by atoms with E-state index in [0.717, 1.165) is 17.7 Å². The Hall–Kier alpha value is -4.33. The van der Waals surface area contributed by atoms with Crippen molar-refractivity contribution in [3.05, 3.63) is 65.2 Å². The molecule has 246 valence electrons. The van der Waals surface area contributed by atoms with E-state index in [0.29, 0.717) is 18.7 Å². The Kier molecular flexibility index (Phi) is 12.6. The molecule has 0 aliphatic carbocycles. The molecular weight excluding hydrogens is 591 g/mol. The normalized spacial score (nSPS) is 22.5. The summed E-state index contributed by atoms with van der Waals surface area (Å²) in [4.78, 5) is 40.2. The van der Waals surface area contributed by atoms with E-state index in [-0.39, 0.29) is 37.6 Å². The van der Waals surface area contributed by atoms with Crippen molar-refractivity contribution in [2.45, 2.75) is 57.9 Å². The van der Waals surface area contributed by atoms with E-state index in [1.54, 1.807) is 13.8 Å². The molecule has 0 saturated carbocycles. The standard InChI is InChI=1S/C31H42F3N7O4/c1-18(2)26-29(44)40-24(17-39-30(35)36)27(42)38-16-19(3)13-21-8-4-5-10-25(21)45-12-11-37-23(28(43)41-26)15-20-7-6-9-22(14-20)31(32,33)34/h4-10,14,18-19,23-24,26,37H,11-13,15-17H2,1-3H3,(H,38,42)(H,40,44)(H,41,43)(H4,35,36,39)/t19-,23+,24-,26+/m0/s1. The van der Waals surface area contributed by atoms with Gasteiger partial charge in [0.1, 0.15) is 24.4 Å². The van der Waals surface area contributed by atoms with Gasteiger partial charge in [-0.15, -0.1) is 0 Å². The molecule has 4 atom stereocenters. The highest BCUT2D eigenvalue weighted by atomic mass is 19.4. The topological polar surface area (TPSA) is 170 Å². The van der Waals surface area contributed by atoms with Gasteiger partial charge in [0.2, 0.25) is 17.7 Å². The summed E-state index contributed by atoms with van der Waals surface area (Å²) < 4.78 is 46.2. The molecule has 8 N–H and O–H groups in total. The molecule has 2 aromatic rings. The number of halogens is 3. The summed E-state index contributed by atoms with van der Waals surface area (Å²) in [6.07, 6.45) is -4.07. The Balaban J connectivity index is 1.93. The third-order valence-electron chi connectivity index (χ3n) is 7.30. The summed E-state index contributed by atoms with van der Waals surface area (Å²) in [6, 6.07) is 8.94. The minimum absolute atomic E-state index is 0.00707. The maximum atomic E-state index is 13.6. The molecule has 3 rings (SSSR count). The molecule has 0 aromatic heterocycles. The van der Waals surface area contributed by atoms with Gasteiger partial charge >= 0.3 is 6.18 Å². The van der Waals surface area contributed by atoms with E-state index in [4.69, 9.17) is 15.9 Å². The number of guanidine groups is 1. The second-order valence-corrected chi connectivity index (χ2v) is 11.5. The van der Waals surface area contributed by atoms with E-state index in [1.165, 1.54) is 12.1 Å². The quantitative estimate of drug-likeness (QED) is 0.194. The van der Waals surface area contributed by atoms with Gasteiger partial charge in [-0.3, -0.25) is 19.8 Å². The van der Waals surface area contributed by atoms with Crippen LogP contribution in [0.15, 0.2) is 48.5 Å². The van der Waals surface area contributed by atoms with Crippen LogP contribution in [-0.4, -0.2) is 68.0 Å². The SMILES string of the molecule is CC(C)[C@H]1NC(=O)[C@@H](Cc2cccc(C(F)(F)F)c2)NCCOc2ccccc2C[C@H](C)CNC(=O)[C@H](CNC(=N)N)NC1=O. The van der Waals surface area contributed by atoms with Gasteiger partial charge in [-0.05, 0) is 47.9 Å². The van der Waals surface area contributed by atoms with Gasteiger partial charge in [0.05, 0.1) is 11.6 Å². The number of nitrogens with two attached hydrogens (primary N) is 1. The lowest BCUT2D eigenvalue weighted by Crippen LogP contribution is -2.60. The molecule has 45 heavy (non-hydrogen) atoms. The second-order valence-electron chi connectivity index (χ2n) is 11.5. The van der Waals surface area contributed by atoms with Crippen LogP contribution in [0.3, 0.4) is 0 Å². The maximum absolute atomic E-state index is 13.6. The largest absolute Gasteiger partial charge is 0.492 e. The first-order valence-corrected chi connectivity index (χ1v) is 14.8. The average Bonchev–Trinajstić information content (AvgIpc) is 2.97. The zero-order chi connectivity index (χ0) is 33.1. The summed E-state index contributed by atoms with van der Waals surface area (Å²) in [7, 11) is 0. The summed E-state index contributed by atoms with van der Waals surface area (Å²) in [5.74, 6) is -1.95. The van der Waals surface area contributed by atoms with Gasteiger partial charge in [-0.1, -0.05) is 57.2 Å². The number of hydrogen-bond acceptors (Lipinski definition) is 6. The number of hydrogen-bond donors (Lipinski definition) is 7. The Morgan fingerprint density at radius 2 is 1.78 bits per heavy atom. The lowest BCUT2D eigenvalue weighted by Gasteiger charge is -2.28. The number of carbonyl (C=O) groups excluding carboxylic acids is 3. The van der Waals surface area contributed by atoms with Crippen molar-refractivity contribution < 1.29 is 32.3 Å². The summed E-state index contributed by atoms with van der Waals surface area (Å²) in [5.41, 5.74) is 5.77. The Labute approximate surface area is 260 Å². The Morgan fingerprint density at radius 3 is 2.47 bits per heavy atom. The number of para-hydroxylation sites is 1. The predicted octanol–water partition coefficient (Wildman–Crippen LogP) is 1.70. The predicted molar refractivity (Wildman–Crippen MR) is 163 cm³/mol. The van der Waals surface area contributed by atoms with E-state index in [9.17, 15) is 27.6 Å². The fourth-order valence-corrected chi connectivity index (χ4v) is 4.89. The molecule has 0 radical (unpaired) electrons. The molecule has 0 saturated heterocycles. The van der Waals surface area contributed by atoms with Gasteiger partial charge in [0, 0.05) is 19.6 Å². The molecule has 0 unspecified atom stereocenters. The van der Waals surface area contributed by atoms with Crippen molar-refractivity contribution >= 4 is 23.7 Å². The number of carbonyl (C=O) groups is 3. The molecule has 2 aromatic carbocycles. The van der Waals surface area contributed by atoms with Crippen molar-refractivity contribution in [3.63, 3.8) is 0 Å². The third-order valence-corrected chi connectivity index (χ3v) is 7.30. The minimum Gasteiger partial charge on any atom is -0.492 e. The van der Waals surface area contributed by atoms with Gasteiger partial charge in [-0.25, -0.2) is 0 Å². The van der Waals surface area contributed by atoms with E-state index in [2.05, 4.69) is 26.6 Å². The molecule has 0 fully saturated rings. The Morgan fingerprint density at radius 1 is 1.04 bits per heavy atom. The zero-order valence-electron chi connectivity index (χ0n) is 25.6. The van der Waals surface area contributed by atoms with Crippen LogP contribution in [0, 0.1) is 17.2 Å². The fraction of sp³-hybridized carbons (Fsp3) is 0.484. The molecular formula is C31H42F3N7O4. The minimum atomic E-state index is -4.55. The van der Waals surface area contributed by atoms with Crippen molar-refractivity contribution in [1.82, 2.24) is 26.6 Å². The van der Waals surface area contributed by atoms with Gasteiger partial charge < -0.3 is 37.1 Å². The maximum Gasteiger partial charge on any atom is 0.416 e. The first-order valence-electron chi connectivity index (χ1n) is 14.8. The third kappa shape index (κ3) is 11.0. The van der Waals surface area contributed by atoms with Crippen molar-refractivity contribution in [1.29, 1.82) is 5.41 Å². The summed E-state index contributed by atoms with van der Waals surface area (Å²) in [5, 5.41) is 21.3. The summed E-state index contributed by atoms with van der Waals surface area (Å²) in [6.45, 7) is 5.85. The van der Waals surface area contributed by atoms with Crippen LogP contribution >= 0.6 is 0 Å². The number of amides is 3. The van der Waals surface area contributed by atoms with E-state index >= 15 is 0 Å². The highest BCUT2D eigenvalue weighted by Gasteiger charge is 2.33. The Bertz CT molecular complexity index is 1340. The van der Waals surface area contributed by atoms with E-state index < -0.39 is 59.5 Å². The molecule has 1 heterocycles. The smallest absolute Gasteiger partial charge is 0.416 e. The highest BCUT2D eigenvalue weighted by molar-refractivity contribution is 5.93. The molecule has 0 bridgehead atoms. The van der Waals surface area contributed by atoms with Crippen LogP contribution in [0.25, 0.3) is 0 Å². The average molecular weight is 634 g/mol. The molecule has 11 nitrogen and oxygen atoms in total. The molecule has 1 aliphatic heterocycles. The van der Waals surface area contributed by atoms with Gasteiger partial charge in [-0.2, -0.15) is 13.2 Å².